The molecule has 0 aromatic rings. The molecule has 5 heteroatoms. The van der Waals surface area contributed by atoms with Gasteiger partial charge in [0.2, 0.25) is 0 Å². The van der Waals surface area contributed by atoms with E-state index in [1.165, 1.54) is 89.9 Å². The predicted molar refractivity (Wildman–Crippen MR) is 141 cm³/mol. The van der Waals surface area contributed by atoms with E-state index in [9.17, 15) is 14.7 Å². The summed E-state index contributed by atoms with van der Waals surface area (Å²) in [7, 11) is 0. The maximum absolute atomic E-state index is 12.5. The Bertz CT molecular complexity index is 465. The molecule has 2 N–H and O–H groups in total. The van der Waals surface area contributed by atoms with Crippen LogP contribution in [0.2, 0.25) is 0 Å². The molecule has 0 radical (unpaired) electrons. The first-order valence-electron chi connectivity index (χ1n) is 14.5. The van der Waals surface area contributed by atoms with Gasteiger partial charge in [0, 0.05) is 19.3 Å². The monoisotopic (exact) mass is 484 g/mol. The molecule has 0 aromatic heterocycles. The molecule has 0 bridgehead atoms. The van der Waals surface area contributed by atoms with Crippen molar-refractivity contribution < 1.29 is 24.5 Å². The van der Waals surface area contributed by atoms with Crippen molar-refractivity contribution in [2.75, 3.05) is 13.2 Å². The summed E-state index contributed by atoms with van der Waals surface area (Å²) < 4.78 is 4.91. The van der Waals surface area contributed by atoms with Crippen LogP contribution in [-0.4, -0.2) is 41.3 Å². The molecule has 0 fully saturated rings. The molecule has 0 heterocycles. The lowest BCUT2D eigenvalue weighted by Crippen LogP contribution is -2.21. The fourth-order valence-electron chi connectivity index (χ4n) is 4.46. The zero-order chi connectivity index (χ0) is 25.3. The number of ketones is 1. The molecule has 0 aliphatic heterocycles. The lowest BCUT2D eigenvalue weighted by atomic mass is 9.89. The highest BCUT2D eigenvalue weighted by molar-refractivity contribution is 5.78. The highest BCUT2D eigenvalue weighted by Crippen LogP contribution is 2.23. The van der Waals surface area contributed by atoms with Crippen LogP contribution >= 0.6 is 0 Å². The van der Waals surface area contributed by atoms with E-state index in [1.807, 2.05) is 0 Å². The largest absolute Gasteiger partial charge is 0.463 e. The minimum atomic E-state index is -0.978. The average molecular weight is 485 g/mol. The van der Waals surface area contributed by atoms with E-state index in [4.69, 9.17) is 9.84 Å². The molecular formula is C29H56O5. The minimum absolute atomic E-state index is 0.126. The molecule has 0 rings (SSSR count). The van der Waals surface area contributed by atoms with Crippen LogP contribution in [-0.2, 0) is 14.3 Å². The topological polar surface area (TPSA) is 83.8 Å². The molecule has 34 heavy (non-hydrogen) atoms. The van der Waals surface area contributed by atoms with Gasteiger partial charge in [-0.15, -0.1) is 0 Å². The third kappa shape index (κ3) is 22.8. The van der Waals surface area contributed by atoms with Crippen LogP contribution in [0.4, 0.5) is 0 Å². The summed E-state index contributed by atoms with van der Waals surface area (Å²) in [6.45, 7) is 3.96. The molecule has 0 aliphatic rings. The predicted octanol–water partition coefficient (Wildman–Crippen LogP) is 7.30. The second-order valence-electron chi connectivity index (χ2n) is 10.2. The van der Waals surface area contributed by atoms with Gasteiger partial charge in [0.15, 0.2) is 0 Å². The van der Waals surface area contributed by atoms with Crippen molar-refractivity contribution in [1.29, 1.82) is 0 Å². The SMILES string of the molecule is CCCCCCCC(=O)CC(CCCCCC)CCCCCCCCCC(=O)OCC(O)CO. The number of rotatable bonds is 26. The lowest BCUT2D eigenvalue weighted by molar-refractivity contribution is -0.147. The Kier molecular flexibility index (Phi) is 24.5. The van der Waals surface area contributed by atoms with Gasteiger partial charge in [-0.25, -0.2) is 0 Å². The van der Waals surface area contributed by atoms with Crippen molar-refractivity contribution in [2.24, 2.45) is 5.92 Å². The van der Waals surface area contributed by atoms with Crippen LogP contribution in [0.5, 0.6) is 0 Å². The molecule has 2 unspecified atom stereocenters. The van der Waals surface area contributed by atoms with Crippen molar-refractivity contribution in [1.82, 2.24) is 0 Å². The zero-order valence-electron chi connectivity index (χ0n) is 22.5. The first-order valence-corrected chi connectivity index (χ1v) is 14.5. The Morgan fingerprint density at radius 3 is 1.71 bits per heavy atom. The maximum atomic E-state index is 12.5. The van der Waals surface area contributed by atoms with E-state index in [0.29, 0.717) is 18.1 Å². The van der Waals surface area contributed by atoms with Crippen molar-refractivity contribution in [3.05, 3.63) is 0 Å². The van der Waals surface area contributed by atoms with Gasteiger partial charge in [-0.05, 0) is 18.8 Å². The summed E-state index contributed by atoms with van der Waals surface area (Å²) in [4.78, 5) is 24.0. The van der Waals surface area contributed by atoms with Crippen LogP contribution in [0.3, 0.4) is 0 Å². The summed E-state index contributed by atoms with van der Waals surface area (Å²) in [5.74, 6) is 0.768. The maximum Gasteiger partial charge on any atom is 0.305 e. The van der Waals surface area contributed by atoms with Gasteiger partial charge < -0.3 is 14.9 Å². The molecule has 0 amide bonds. The molecule has 5 nitrogen and oxygen atoms in total. The molecule has 202 valence electrons. The highest BCUT2D eigenvalue weighted by Gasteiger charge is 2.14. The van der Waals surface area contributed by atoms with E-state index >= 15 is 0 Å². The molecule has 0 spiro atoms. The van der Waals surface area contributed by atoms with E-state index < -0.39 is 6.10 Å². The average Bonchev–Trinajstić information content (AvgIpc) is 2.83. The fraction of sp³-hybridized carbons (Fsp3) is 0.931. The first kappa shape index (κ1) is 33.1. The Balaban J connectivity index is 3.89. The number of hydrogen-bond donors (Lipinski definition) is 2. The number of carbonyl (C=O) groups is 2. The molecular weight excluding hydrogens is 428 g/mol. The van der Waals surface area contributed by atoms with Crippen molar-refractivity contribution in [3.63, 3.8) is 0 Å². The molecule has 0 aromatic carbocycles. The van der Waals surface area contributed by atoms with Crippen LogP contribution in [0, 0.1) is 5.92 Å². The number of hydrogen-bond acceptors (Lipinski definition) is 5. The van der Waals surface area contributed by atoms with E-state index in [0.717, 1.165) is 38.5 Å². The van der Waals surface area contributed by atoms with Crippen molar-refractivity contribution in [3.8, 4) is 0 Å². The normalized spacial score (nSPS) is 13.1. The molecule has 0 saturated heterocycles. The van der Waals surface area contributed by atoms with Crippen LogP contribution in [0.1, 0.15) is 149 Å². The zero-order valence-corrected chi connectivity index (χ0v) is 22.5. The van der Waals surface area contributed by atoms with Crippen LogP contribution in [0.25, 0.3) is 0 Å². The smallest absolute Gasteiger partial charge is 0.305 e. The summed E-state index contributed by atoms with van der Waals surface area (Å²) in [5, 5.41) is 17.9. The van der Waals surface area contributed by atoms with Gasteiger partial charge in [0.25, 0.3) is 0 Å². The van der Waals surface area contributed by atoms with E-state index in [-0.39, 0.29) is 19.2 Å². The van der Waals surface area contributed by atoms with E-state index in [1.54, 1.807) is 0 Å². The number of esters is 1. The van der Waals surface area contributed by atoms with Gasteiger partial charge in [-0.2, -0.15) is 0 Å². The number of carbonyl (C=O) groups excluding carboxylic acids is 2. The molecule has 2 atom stereocenters. The number of Topliss-reactive ketones (excluding diaryl/α,β-unsaturated/α-hetero) is 1. The summed E-state index contributed by atoms with van der Waals surface area (Å²) in [6.07, 6.45) is 22.4. The Labute approximate surface area is 210 Å². The number of aliphatic hydroxyl groups is 2. The van der Waals surface area contributed by atoms with Gasteiger partial charge in [-0.3, -0.25) is 9.59 Å². The Hall–Kier alpha value is -0.940. The summed E-state index contributed by atoms with van der Waals surface area (Å²) in [6, 6.07) is 0. The molecule has 0 saturated carbocycles. The minimum Gasteiger partial charge on any atom is -0.463 e. The van der Waals surface area contributed by atoms with E-state index in [2.05, 4.69) is 13.8 Å². The van der Waals surface area contributed by atoms with Crippen LogP contribution < -0.4 is 0 Å². The summed E-state index contributed by atoms with van der Waals surface area (Å²) in [5.41, 5.74) is 0. The second kappa shape index (κ2) is 25.2. The quantitative estimate of drug-likeness (QED) is 0.0994. The number of unbranched alkanes of at least 4 members (excludes halogenated alkanes) is 13. The third-order valence-electron chi connectivity index (χ3n) is 6.68. The number of aliphatic hydroxyl groups excluding tert-OH is 2. The standard InChI is InChI=1S/C29H56O5/c1-3-5-7-12-17-21-27(31)23-26(19-15-8-6-4-2)20-16-13-10-9-11-14-18-22-29(33)34-25-28(32)24-30/h26,28,30,32H,3-25H2,1-2H3. The van der Waals surface area contributed by atoms with Gasteiger partial charge in [0.05, 0.1) is 6.61 Å². The highest BCUT2D eigenvalue weighted by atomic mass is 16.5. The molecule has 0 aliphatic carbocycles. The Morgan fingerprint density at radius 2 is 1.15 bits per heavy atom. The second-order valence-corrected chi connectivity index (χ2v) is 10.2. The first-order chi connectivity index (χ1) is 16.5. The number of ether oxygens (including phenoxy) is 1. The fourth-order valence-corrected chi connectivity index (χ4v) is 4.46. The van der Waals surface area contributed by atoms with Gasteiger partial charge >= 0.3 is 5.97 Å². The lowest BCUT2D eigenvalue weighted by Gasteiger charge is -2.16. The third-order valence-corrected chi connectivity index (χ3v) is 6.68. The van der Waals surface area contributed by atoms with Crippen LogP contribution in [0.15, 0.2) is 0 Å². The van der Waals surface area contributed by atoms with Gasteiger partial charge in [0.1, 0.15) is 18.5 Å². The van der Waals surface area contributed by atoms with Crippen molar-refractivity contribution in [2.45, 2.75) is 155 Å². The van der Waals surface area contributed by atoms with Crippen molar-refractivity contribution >= 4 is 11.8 Å². The summed E-state index contributed by atoms with van der Waals surface area (Å²) >= 11 is 0. The Morgan fingerprint density at radius 1 is 0.676 bits per heavy atom. The van der Waals surface area contributed by atoms with Gasteiger partial charge in [-0.1, -0.05) is 117 Å².